The molecule has 0 rings (SSSR count). The number of hydrogen-bond acceptors (Lipinski definition) is 1. The van der Waals surface area contributed by atoms with Crippen molar-refractivity contribution in [1.82, 2.24) is 4.90 Å². The molecule has 1 nitrogen and oxygen atoms in total. The Morgan fingerprint density at radius 1 is 1.31 bits per heavy atom. The Morgan fingerprint density at radius 3 is 2.23 bits per heavy atom. The van der Waals surface area contributed by atoms with Crippen molar-refractivity contribution in [2.75, 3.05) is 13.6 Å². The van der Waals surface area contributed by atoms with Gasteiger partial charge in [-0.25, -0.2) is 0 Å². The zero-order chi connectivity index (χ0) is 10.5. The van der Waals surface area contributed by atoms with Crippen LogP contribution in [0.1, 0.15) is 47.0 Å². The summed E-state index contributed by atoms with van der Waals surface area (Å²) < 4.78 is 0. The van der Waals surface area contributed by atoms with Gasteiger partial charge in [-0.3, -0.25) is 0 Å². The van der Waals surface area contributed by atoms with E-state index in [9.17, 15) is 0 Å². The Kier molecular flexibility index (Phi) is 5.31. The van der Waals surface area contributed by atoms with E-state index in [2.05, 4.69) is 46.2 Å². The van der Waals surface area contributed by atoms with Crippen LogP contribution in [0.2, 0.25) is 0 Å². The molecule has 0 heterocycles. The summed E-state index contributed by atoms with van der Waals surface area (Å²) in [5.74, 6) is 0. The molecule has 0 radical (unpaired) electrons. The van der Waals surface area contributed by atoms with Gasteiger partial charge in [-0.2, -0.15) is 0 Å². The number of rotatable bonds is 5. The summed E-state index contributed by atoms with van der Waals surface area (Å²) in [6.07, 6.45) is 3.54. The molecule has 0 aliphatic carbocycles. The molecule has 0 N–H and O–H groups in total. The molecule has 0 saturated carbocycles. The fourth-order valence-corrected chi connectivity index (χ4v) is 1.08. The SMILES string of the molecule is C=C(CC)CCCN(C)C(C)(C)C. The third-order valence-corrected chi connectivity index (χ3v) is 2.67. The lowest BCUT2D eigenvalue weighted by molar-refractivity contribution is 0.174. The van der Waals surface area contributed by atoms with Crippen LogP contribution in [0.5, 0.6) is 0 Å². The van der Waals surface area contributed by atoms with Gasteiger partial charge in [0.05, 0.1) is 0 Å². The van der Waals surface area contributed by atoms with Crippen LogP contribution in [-0.4, -0.2) is 24.0 Å². The maximum atomic E-state index is 4.01. The zero-order valence-electron chi connectivity index (χ0n) is 9.98. The molecular weight excluding hydrogens is 158 g/mol. The second-order valence-corrected chi connectivity index (χ2v) is 4.80. The number of allylic oxidation sites excluding steroid dienone is 1. The van der Waals surface area contributed by atoms with E-state index in [1.165, 1.54) is 25.0 Å². The molecule has 0 fully saturated rings. The lowest BCUT2D eigenvalue weighted by atomic mass is 10.1. The first kappa shape index (κ1) is 12.7. The van der Waals surface area contributed by atoms with Gasteiger partial charge in [-0.15, -0.1) is 0 Å². The van der Waals surface area contributed by atoms with Crippen molar-refractivity contribution in [1.29, 1.82) is 0 Å². The van der Waals surface area contributed by atoms with Gasteiger partial charge < -0.3 is 4.90 Å². The van der Waals surface area contributed by atoms with Gasteiger partial charge in [-0.1, -0.05) is 19.1 Å². The summed E-state index contributed by atoms with van der Waals surface area (Å²) >= 11 is 0. The van der Waals surface area contributed by atoms with Gasteiger partial charge in [-0.05, 0) is 53.6 Å². The van der Waals surface area contributed by atoms with E-state index in [-0.39, 0.29) is 0 Å². The van der Waals surface area contributed by atoms with E-state index >= 15 is 0 Å². The minimum atomic E-state index is 0.299. The highest BCUT2D eigenvalue weighted by atomic mass is 15.1. The molecule has 0 bridgehead atoms. The van der Waals surface area contributed by atoms with Gasteiger partial charge in [0.2, 0.25) is 0 Å². The molecule has 0 aliphatic heterocycles. The molecule has 0 aliphatic rings. The van der Waals surface area contributed by atoms with Crippen LogP contribution in [-0.2, 0) is 0 Å². The molecular formula is C12H25N. The second kappa shape index (κ2) is 5.43. The fraction of sp³-hybridized carbons (Fsp3) is 0.833. The van der Waals surface area contributed by atoms with E-state index in [0.29, 0.717) is 5.54 Å². The van der Waals surface area contributed by atoms with Crippen molar-refractivity contribution in [3.8, 4) is 0 Å². The maximum Gasteiger partial charge on any atom is 0.0122 e. The maximum absolute atomic E-state index is 4.01. The van der Waals surface area contributed by atoms with Crippen LogP contribution in [0.25, 0.3) is 0 Å². The van der Waals surface area contributed by atoms with Gasteiger partial charge in [0.25, 0.3) is 0 Å². The molecule has 78 valence electrons. The van der Waals surface area contributed by atoms with Gasteiger partial charge in [0.1, 0.15) is 0 Å². The van der Waals surface area contributed by atoms with Crippen molar-refractivity contribution in [2.45, 2.75) is 52.5 Å². The zero-order valence-corrected chi connectivity index (χ0v) is 9.98. The fourth-order valence-electron chi connectivity index (χ4n) is 1.08. The Hall–Kier alpha value is -0.300. The summed E-state index contributed by atoms with van der Waals surface area (Å²) in [4.78, 5) is 2.40. The van der Waals surface area contributed by atoms with Crippen LogP contribution < -0.4 is 0 Å². The van der Waals surface area contributed by atoms with Gasteiger partial charge >= 0.3 is 0 Å². The van der Waals surface area contributed by atoms with Gasteiger partial charge in [0.15, 0.2) is 0 Å². The lowest BCUT2D eigenvalue weighted by Gasteiger charge is -2.31. The topological polar surface area (TPSA) is 3.24 Å². The average molecular weight is 183 g/mol. The molecule has 0 aromatic heterocycles. The average Bonchev–Trinajstić information content (AvgIpc) is 2.02. The Labute approximate surface area is 83.8 Å². The molecule has 0 saturated heterocycles. The molecule has 0 aromatic carbocycles. The molecule has 1 heteroatoms. The number of hydrogen-bond donors (Lipinski definition) is 0. The smallest absolute Gasteiger partial charge is 0.0122 e. The van der Waals surface area contributed by atoms with Crippen LogP contribution in [0.3, 0.4) is 0 Å². The second-order valence-electron chi connectivity index (χ2n) is 4.80. The van der Waals surface area contributed by atoms with E-state index < -0.39 is 0 Å². The van der Waals surface area contributed by atoms with Crippen LogP contribution >= 0.6 is 0 Å². The first-order chi connectivity index (χ1) is 5.88. The summed E-state index contributed by atoms with van der Waals surface area (Å²) in [5, 5.41) is 0. The first-order valence-electron chi connectivity index (χ1n) is 5.25. The Morgan fingerprint density at radius 2 is 1.85 bits per heavy atom. The summed E-state index contributed by atoms with van der Waals surface area (Å²) in [7, 11) is 2.19. The monoisotopic (exact) mass is 183 g/mol. The molecule has 0 unspecified atom stereocenters. The summed E-state index contributed by atoms with van der Waals surface area (Å²) in [5.41, 5.74) is 1.68. The summed E-state index contributed by atoms with van der Waals surface area (Å²) in [6.45, 7) is 14.1. The first-order valence-corrected chi connectivity index (χ1v) is 5.25. The van der Waals surface area contributed by atoms with Crippen molar-refractivity contribution in [3.63, 3.8) is 0 Å². The molecule has 0 amide bonds. The van der Waals surface area contributed by atoms with Crippen LogP contribution in [0.15, 0.2) is 12.2 Å². The number of nitrogens with zero attached hydrogens (tertiary/aromatic N) is 1. The molecule has 13 heavy (non-hydrogen) atoms. The van der Waals surface area contributed by atoms with Crippen molar-refractivity contribution in [3.05, 3.63) is 12.2 Å². The third kappa shape index (κ3) is 5.87. The van der Waals surface area contributed by atoms with Gasteiger partial charge in [0, 0.05) is 5.54 Å². The standard InChI is InChI=1S/C12H25N/c1-7-11(2)9-8-10-13(6)12(3,4)5/h2,7-10H2,1,3-6H3. The van der Waals surface area contributed by atoms with E-state index in [1.807, 2.05) is 0 Å². The van der Waals surface area contributed by atoms with Crippen molar-refractivity contribution >= 4 is 0 Å². The van der Waals surface area contributed by atoms with E-state index in [1.54, 1.807) is 0 Å². The quantitative estimate of drug-likeness (QED) is 0.590. The normalized spacial score (nSPS) is 12.2. The minimum absolute atomic E-state index is 0.299. The van der Waals surface area contributed by atoms with Crippen molar-refractivity contribution in [2.24, 2.45) is 0 Å². The highest BCUT2D eigenvalue weighted by Gasteiger charge is 2.15. The van der Waals surface area contributed by atoms with Crippen LogP contribution in [0.4, 0.5) is 0 Å². The van der Waals surface area contributed by atoms with Crippen molar-refractivity contribution < 1.29 is 0 Å². The van der Waals surface area contributed by atoms with Crippen LogP contribution in [0, 0.1) is 0 Å². The Bertz CT molecular complexity index is 153. The highest BCUT2D eigenvalue weighted by molar-refractivity contribution is 4.92. The summed E-state index contributed by atoms with van der Waals surface area (Å²) in [6, 6.07) is 0. The predicted octanol–water partition coefficient (Wildman–Crippen LogP) is 3.46. The molecule has 0 atom stereocenters. The Balaban J connectivity index is 3.60. The lowest BCUT2D eigenvalue weighted by Crippen LogP contribution is -2.38. The molecule has 0 spiro atoms. The third-order valence-electron chi connectivity index (χ3n) is 2.67. The largest absolute Gasteiger partial charge is 0.302 e. The highest BCUT2D eigenvalue weighted by Crippen LogP contribution is 2.13. The molecule has 0 aromatic rings. The minimum Gasteiger partial charge on any atom is -0.302 e. The van der Waals surface area contributed by atoms with E-state index in [0.717, 1.165) is 6.42 Å². The van der Waals surface area contributed by atoms with E-state index in [4.69, 9.17) is 0 Å². The predicted molar refractivity (Wildman–Crippen MR) is 61.0 cm³/mol.